The van der Waals surface area contributed by atoms with Crippen molar-refractivity contribution in [1.29, 1.82) is 5.26 Å². The molecule has 1 N–H and O–H groups in total. The van der Waals surface area contributed by atoms with Crippen LogP contribution in [0.1, 0.15) is 54.9 Å². The fourth-order valence-corrected chi connectivity index (χ4v) is 4.45. The molecule has 15 heteroatoms. The molecule has 2 aliphatic rings. The average molecular weight is 641 g/mol. The number of anilines is 2. The number of alkyl halides is 2. The normalized spacial score (nSPS) is 17.8. The van der Waals surface area contributed by atoms with Crippen molar-refractivity contribution in [3.63, 3.8) is 0 Å². The highest BCUT2D eigenvalue weighted by Gasteiger charge is 2.33. The average Bonchev–Trinajstić information content (AvgIpc) is 3.71. The maximum Gasteiger partial charge on any atom is 0.324 e. The summed E-state index contributed by atoms with van der Waals surface area (Å²) < 4.78 is 54.7. The van der Waals surface area contributed by atoms with Crippen LogP contribution in [0.2, 0.25) is 0 Å². The van der Waals surface area contributed by atoms with Gasteiger partial charge in [0.2, 0.25) is 5.82 Å². The zero-order valence-electron chi connectivity index (χ0n) is 25.1. The summed E-state index contributed by atoms with van der Waals surface area (Å²) in [5.41, 5.74) is 0.835. The monoisotopic (exact) mass is 640 g/mol. The van der Waals surface area contributed by atoms with Crippen molar-refractivity contribution in [3.05, 3.63) is 65.7 Å². The van der Waals surface area contributed by atoms with Gasteiger partial charge in [0.25, 0.3) is 0 Å². The molecule has 4 rings (SSSR count). The SMILES string of the molecule is C=C/C(F)=C\C=C(/C)F.CN(C)C1CCN(c2nc(C(C)(F)F)no2)CC1.N#Cc1cc(C=O)cnc1N1CCC(NCl)C1. The number of nitriles is 1. The van der Waals surface area contributed by atoms with E-state index < -0.39 is 23.4 Å². The van der Waals surface area contributed by atoms with E-state index in [1.54, 1.807) is 6.07 Å². The number of nitrogens with one attached hydrogen (secondary N) is 1. The van der Waals surface area contributed by atoms with Crippen molar-refractivity contribution in [2.24, 2.45) is 0 Å². The summed E-state index contributed by atoms with van der Waals surface area (Å²) in [5.74, 6) is -3.94. The fraction of sp³-hybridized carbons (Fsp3) is 0.483. The van der Waals surface area contributed by atoms with E-state index in [0.29, 0.717) is 35.8 Å². The van der Waals surface area contributed by atoms with Crippen molar-refractivity contribution in [1.82, 2.24) is 24.9 Å². The van der Waals surface area contributed by atoms with Crippen molar-refractivity contribution in [2.75, 3.05) is 50.1 Å². The minimum absolute atomic E-state index is 0.198. The number of allylic oxidation sites excluding steroid dienone is 5. The third-order valence-electron chi connectivity index (χ3n) is 6.73. The number of pyridine rings is 1. The minimum atomic E-state index is -3.05. The molecule has 2 aliphatic heterocycles. The van der Waals surface area contributed by atoms with Gasteiger partial charge in [0.15, 0.2) is 6.29 Å². The van der Waals surface area contributed by atoms with Gasteiger partial charge < -0.3 is 19.2 Å². The van der Waals surface area contributed by atoms with Crippen molar-refractivity contribution in [3.8, 4) is 6.07 Å². The van der Waals surface area contributed by atoms with E-state index in [4.69, 9.17) is 21.6 Å². The number of carbonyl (C=O) groups excluding carboxylic acids is 1. The first-order valence-corrected chi connectivity index (χ1v) is 14.1. The van der Waals surface area contributed by atoms with Gasteiger partial charge in [-0.2, -0.15) is 19.0 Å². The Hall–Kier alpha value is -3.80. The third-order valence-corrected chi connectivity index (χ3v) is 7.04. The Morgan fingerprint density at radius 2 is 1.89 bits per heavy atom. The van der Waals surface area contributed by atoms with Gasteiger partial charge in [0.05, 0.1) is 11.4 Å². The van der Waals surface area contributed by atoms with E-state index in [9.17, 15) is 22.4 Å². The Kier molecular flexibility index (Phi) is 14.5. The topological polar surface area (TPSA) is 114 Å². The van der Waals surface area contributed by atoms with Crippen LogP contribution in [-0.2, 0) is 5.92 Å². The van der Waals surface area contributed by atoms with Crippen LogP contribution in [0, 0.1) is 11.3 Å². The summed E-state index contributed by atoms with van der Waals surface area (Å²) in [6.45, 7) is 8.16. The molecule has 0 aliphatic carbocycles. The summed E-state index contributed by atoms with van der Waals surface area (Å²) in [4.78, 5) is 27.3. The number of hydrogen-bond acceptors (Lipinski definition) is 10. The molecule has 0 spiro atoms. The van der Waals surface area contributed by atoms with Gasteiger partial charge in [-0.3, -0.25) is 4.79 Å². The lowest BCUT2D eigenvalue weighted by molar-refractivity contribution is 0.00559. The smallest absolute Gasteiger partial charge is 0.324 e. The predicted octanol–water partition coefficient (Wildman–Crippen LogP) is 5.70. The quantitative estimate of drug-likeness (QED) is 0.167. The number of carbonyl (C=O) groups is 1. The number of halogens is 5. The molecule has 2 fully saturated rings. The summed E-state index contributed by atoms with van der Waals surface area (Å²) >= 11 is 5.57. The number of hydrogen-bond donors (Lipinski definition) is 1. The number of piperidine rings is 1. The standard InChI is InChI=1S/C11H11ClN4O.C11H18F2N4O.C7H8F2/c12-15-10-1-2-16(6-10)11-9(4-13)3-8(7-17)5-14-11;1-11(12,13)9-14-10(18-15-9)17-6-4-8(5-7-17)16(2)3;1-3-7(9)5-4-6(2)8/h3,5,7,10,15H,1-2,6H2;8H,4-7H2,1-3H3;3-5H,1H2,2H3/b;;6-4+,7-5+. The molecule has 2 aromatic rings. The maximum absolute atomic E-state index is 13.0. The Morgan fingerprint density at radius 3 is 2.36 bits per heavy atom. The highest BCUT2D eigenvalue weighted by atomic mass is 35.5. The van der Waals surface area contributed by atoms with E-state index in [1.165, 1.54) is 13.1 Å². The molecule has 0 radical (unpaired) electrons. The van der Waals surface area contributed by atoms with Gasteiger partial charge in [-0.05, 0) is 76.4 Å². The zero-order valence-corrected chi connectivity index (χ0v) is 25.9. The van der Waals surface area contributed by atoms with Crippen LogP contribution in [0.4, 0.5) is 29.4 Å². The second-order valence-electron chi connectivity index (χ2n) is 10.4. The Morgan fingerprint density at radius 1 is 1.23 bits per heavy atom. The Balaban J connectivity index is 0.000000244. The molecule has 2 aromatic heterocycles. The molecule has 1 unspecified atom stereocenters. The summed E-state index contributed by atoms with van der Waals surface area (Å²) in [7, 11) is 4.09. The lowest BCUT2D eigenvalue weighted by Gasteiger charge is -2.33. The van der Waals surface area contributed by atoms with Gasteiger partial charge in [-0.1, -0.05) is 11.7 Å². The van der Waals surface area contributed by atoms with Crippen LogP contribution in [0.25, 0.3) is 0 Å². The Labute approximate surface area is 259 Å². The third kappa shape index (κ3) is 11.4. The van der Waals surface area contributed by atoms with Gasteiger partial charge >= 0.3 is 11.9 Å². The van der Waals surface area contributed by atoms with E-state index in [-0.39, 0.29) is 12.1 Å². The first-order valence-electron chi connectivity index (χ1n) is 13.7. The molecule has 4 heterocycles. The fourth-order valence-electron chi connectivity index (χ4n) is 4.27. The molecular formula is C29H37ClF4N8O2. The number of nitrogens with zero attached hydrogens (tertiary/aromatic N) is 7. The maximum atomic E-state index is 13.0. The number of aldehydes is 1. The summed E-state index contributed by atoms with van der Waals surface area (Å²) in [6.07, 6.45) is 8.07. The van der Waals surface area contributed by atoms with Gasteiger partial charge in [-0.15, -0.1) is 0 Å². The second kappa shape index (κ2) is 17.5. The van der Waals surface area contributed by atoms with Crippen LogP contribution in [0.15, 0.2) is 53.2 Å². The number of rotatable bonds is 8. The van der Waals surface area contributed by atoms with Gasteiger partial charge in [0, 0.05) is 56.9 Å². The van der Waals surface area contributed by atoms with Crippen molar-refractivity contribution >= 4 is 29.9 Å². The first-order chi connectivity index (χ1) is 20.8. The zero-order chi connectivity index (χ0) is 32.9. The van der Waals surface area contributed by atoms with Crippen LogP contribution in [-0.4, -0.2) is 78.7 Å². The summed E-state index contributed by atoms with van der Waals surface area (Å²) in [5, 5.41) is 12.4. The lowest BCUT2D eigenvalue weighted by atomic mass is 10.0. The van der Waals surface area contributed by atoms with Crippen LogP contribution < -0.4 is 14.6 Å². The molecule has 44 heavy (non-hydrogen) atoms. The molecule has 0 amide bonds. The van der Waals surface area contributed by atoms with Crippen LogP contribution in [0.3, 0.4) is 0 Å². The predicted molar refractivity (Wildman–Crippen MR) is 161 cm³/mol. The molecule has 10 nitrogen and oxygen atoms in total. The van der Waals surface area contributed by atoms with E-state index in [2.05, 4.69) is 37.5 Å². The Bertz CT molecular complexity index is 1330. The largest absolute Gasteiger partial charge is 0.354 e. The van der Waals surface area contributed by atoms with E-state index in [1.807, 2.05) is 23.9 Å². The second-order valence-corrected chi connectivity index (χ2v) is 10.6. The molecule has 0 aromatic carbocycles. The summed E-state index contributed by atoms with van der Waals surface area (Å²) in [6, 6.07) is 4.54. The van der Waals surface area contributed by atoms with Crippen LogP contribution in [0.5, 0.6) is 0 Å². The molecule has 2 saturated heterocycles. The van der Waals surface area contributed by atoms with E-state index in [0.717, 1.165) is 64.0 Å². The van der Waals surface area contributed by atoms with E-state index >= 15 is 0 Å². The highest BCUT2D eigenvalue weighted by molar-refractivity contribution is 6.13. The first kappa shape index (κ1) is 36.4. The molecular weight excluding hydrogens is 604 g/mol. The molecule has 0 saturated carbocycles. The lowest BCUT2D eigenvalue weighted by Crippen LogP contribution is -2.42. The minimum Gasteiger partial charge on any atom is -0.354 e. The molecule has 0 bridgehead atoms. The van der Waals surface area contributed by atoms with Crippen LogP contribution >= 0.6 is 11.8 Å². The molecule has 1 atom stereocenters. The highest BCUT2D eigenvalue weighted by Crippen LogP contribution is 2.27. The number of aromatic nitrogens is 3. The van der Waals surface area contributed by atoms with Crippen molar-refractivity contribution < 1.29 is 26.9 Å². The van der Waals surface area contributed by atoms with Crippen molar-refractivity contribution in [2.45, 2.75) is 51.1 Å². The van der Waals surface area contributed by atoms with Gasteiger partial charge in [0.1, 0.15) is 17.7 Å². The molecule has 240 valence electrons. The van der Waals surface area contributed by atoms with Gasteiger partial charge in [-0.25, -0.2) is 18.6 Å².